The number of benzene rings is 1. The molecule has 3 N–H and O–H groups in total. The van der Waals surface area contributed by atoms with Gasteiger partial charge in [-0.15, -0.1) is 0 Å². The highest BCUT2D eigenvalue weighted by Gasteiger charge is 2.18. The van der Waals surface area contributed by atoms with E-state index in [1.165, 1.54) is 18.7 Å². The summed E-state index contributed by atoms with van der Waals surface area (Å²) < 4.78 is 5.36. The van der Waals surface area contributed by atoms with Crippen LogP contribution in [0.5, 0.6) is 0 Å². The summed E-state index contributed by atoms with van der Waals surface area (Å²) in [6.07, 6.45) is 0. The van der Waals surface area contributed by atoms with Gasteiger partial charge >= 0.3 is 5.63 Å². The standard InChI is InChI=1S/C16H20N2O2/c1-11-7-14-13(10-18-5-3-17-4-6-18)9-16(19)20-15(14)8-12(11)2/h7-9,17H,3-6,10H2,1-2H3/p+2. The van der Waals surface area contributed by atoms with Gasteiger partial charge in [-0.1, -0.05) is 0 Å². The summed E-state index contributed by atoms with van der Waals surface area (Å²) in [5.41, 5.74) is 4.01. The molecule has 2 aromatic rings. The second-order valence-electron chi connectivity index (χ2n) is 5.82. The third-order valence-electron chi connectivity index (χ3n) is 4.29. The number of piperazine rings is 1. The van der Waals surface area contributed by atoms with Crippen LogP contribution >= 0.6 is 0 Å². The van der Waals surface area contributed by atoms with Gasteiger partial charge in [0.2, 0.25) is 0 Å². The minimum absolute atomic E-state index is 0.237. The average molecular weight is 274 g/mol. The first kappa shape index (κ1) is 13.3. The molecular formula is C16H22N2O2+2. The molecule has 1 aromatic heterocycles. The van der Waals surface area contributed by atoms with E-state index in [0.29, 0.717) is 0 Å². The topological polar surface area (TPSA) is 51.3 Å². The van der Waals surface area contributed by atoms with Crippen molar-refractivity contribution in [3.8, 4) is 0 Å². The van der Waals surface area contributed by atoms with Gasteiger partial charge in [-0.05, 0) is 37.1 Å². The number of fused-ring (bicyclic) bond motifs is 1. The van der Waals surface area contributed by atoms with E-state index in [1.54, 1.807) is 11.0 Å². The molecule has 0 radical (unpaired) electrons. The average Bonchev–Trinajstić information content (AvgIpc) is 2.42. The zero-order valence-electron chi connectivity index (χ0n) is 12.2. The zero-order chi connectivity index (χ0) is 14.1. The quantitative estimate of drug-likeness (QED) is 0.717. The fourth-order valence-corrected chi connectivity index (χ4v) is 2.96. The summed E-state index contributed by atoms with van der Waals surface area (Å²) in [5, 5.41) is 3.45. The van der Waals surface area contributed by atoms with Crippen LogP contribution in [0.1, 0.15) is 16.7 Å². The summed E-state index contributed by atoms with van der Waals surface area (Å²) in [6, 6.07) is 5.80. The van der Waals surface area contributed by atoms with Crippen molar-refractivity contribution < 1.29 is 14.6 Å². The van der Waals surface area contributed by atoms with Gasteiger partial charge in [0.25, 0.3) is 0 Å². The Labute approximate surface area is 118 Å². The van der Waals surface area contributed by atoms with E-state index in [9.17, 15) is 4.79 Å². The molecule has 0 atom stereocenters. The Balaban J connectivity index is 2.04. The Morgan fingerprint density at radius 3 is 2.60 bits per heavy atom. The van der Waals surface area contributed by atoms with E-state index >= 15 is 0 Å². The lowest BCUT2D eigenvalue weighted by molar-refractivity contribution is -0.957. The smallest absolute Gasteiger partial charge is 0.336 e. The Kier molecular flexibility index (Phi) is 3.59. The SMILES string of the molecule is Cc1cc2oc(=O)cc(C[NH+]3CC[NH2+]CC3)c2cc1C. The summed E-state index contributed by atoms with van der Waals surface area (Å²) in [5.74, 6) is 0. The fourth-order valence-electron chi connectivity index (χ4n) is 2.96. The molecule has 0 aliphatic carbocycles. The van der Waals surface area contributed by atoms with Crippen molar-refractivity contribution in [3.05, 3.63) is 45.3 Å². The van der Waals surface area contributed by atoms with Gasteiger partial charge in [0, 0.05) is 17.0 Å². The zero-order valence-corrected chi connectivity index (χ0v) is 12.2. The van der Waals surface area contributed by atoms with Gasteiger partial charge in [-0.2, -0.15) is 0 Å². The summed E-state index contributed by atoms with van der Waals surface area (Å²) >= 11 is 0. The lowest BCUT2D eigenvalue weighted by atomic mass is 10.0. The summed E-state index contributed by atoms with van der Waals surface area (Å²) in [7, 11) is 0. The number of hydrogen-bond acceptors (Lipinski definition) is 2. The van der Waals surface area contributed by atoms with Crippen molar-refractivity contribution in [2.45, 2.75) is 20.4 Å². The first-order valence-corrected chi connectivity index (χ1v) is 7.33. The van der Waals surface area contributed by atoms with E-state index in [-0.39, 0.29) is 5.63 Å². The van der Waals surface area contributed by atoms with Crippen molar-refractivity contribution in [3.63, 3.8) is 0 Å². The number of nitrogens with one attached hydrogen (secondary N) is 1. The lowest BCUT2D eigenvalue weighted by Crippen LogP contribution is -3.19. The monoisotopic (exact) mass is 274 g/mol. The second-order valence-corrected chi connectivity index (χ2v) is 5.82. The second kappa shape index (κ2) is 5.38. The lowest BCUT2D eigenvalue weighted by Gasteiger charge is -2.22. The fraction of sp³-hybridized carbons (Fsp3) is 0.438. The minimum atomic E-state index is -0.237. The normalized spacial score (nSPS) is 16.7. The highest BCUT2D eigenvalue weighted by molar-refractivity contribution is 5.81. The molecule has 0 spiro atoms. The number of hydrogen-bond donors (Lipinski definition) is 2. The predicted octanol–water partition coefficient (Wildman–Crippen LogP) is -0.628. The van der Waals surface area contributed by atoms with Gasteiger partial charge in [0.05, 0.1) is 0 Å². The first-order chi connectivity index (χ1) is 9.63. The molecular weight excluding hydrogens is 252 g/mol. The number of nitrogens with two attached hydrogens (primary N) is 1. The molecule has 0 bridgehead atoms. The third kappa shape index (κ3) is 2.62. The molecule has 106 valence electrons. The van der Waals surface area contributed by atoms with Crippen LogP contribution in [-0.2, 0) is 6.54 Å². The van der Waals surface area contributed by atoms with Crippen molar-refractivity contribution >= 4 is 11.0 Å². The molecule has 1 fully saturated rings. The summed E-state index contributed by atoms with van der Waals surface area (Å²) in [4.78, 5) is 13.3. The Bertz CT molecular complexity index is 685. The highest BCUT2D eigenvalue weighted by atomic mass is 16.4. The predicted molar refractivity (Wildman–Crippen MR) is 78.0 cm³/mol. The number of rotatable bonds is 2. The van der Waals surface area contributed by atoms with Crippen LogP contribution in [0, 0.1) is 13.8 Å². The maximum atomic E-state index is 11.8. The molecule has 0 saturated carbocycles. The van der Waals surface area contributed by atoms with E-state index in [2.05, 4.69) is 18.3 Å². The molecule has 1 aliphatic rings. The Hall–Kier alpha value is -1.65. The summed E-state index contributed by atoms with van der Waals surface area (Å²) in [6.45, 7) is 9.73. The minimum Gasteiger partial charge on any atom is -0.423 e. The molecule has 1 aliphatic heterocycles. The Morgan fingerprint density at radius 2 is 1.85 bits per heavy atom. The number of aryl methyl sites for hydroxylation is 2. The largest absolute Gasteiger partial charge is 0.423 e. The van der Waals surface area contributed by atoms with Crippen LogP contribution in [-0.4, -0.2) is 26.2 Å². The Morgan fingerprint density at radius 1 is 1.15 bits per heavy atom. The van der Waals surface area contributed by atoms with E-state index in [0.717, 1.165) is 41.7 Å². The van der Waals surface area contributed by atoms with E-state index in [4.69, 9.17) is 4.42 Å². The third-order valence-corrected chi connectivity index (χ3v) is 4.29. The maximum Gasteiger partial charge on any atom is 0.336 e. The first-order valence-electron chi connectivity index (χ1n) is 7.33. The molecule has 4 nitrogen and oxygen atoms in total. The van der Waals surface area contributed by atoms with Crippen LogP contribution in [0.4, 0.5) is 0 Å². The molecule has 1 saturated heterocycles. The molecule has 3 rings (SSSR count). The van der Waals surface area contributed by atoms with Crippen LogP contribution in [0.25, 0.3) is 11.0 Å². The molecule has 0 unspecified atom stereocenters. The van der Waals surface area contributed by atoms with E-state index < -0.39 is 0 Å². The van der Waals surface area contributed by atoms with Crippen molar-refractivity contribution in [1.29, 1.82) is 0 Å². The molecule has 4 heteroatoms. The highest BCUT2D eigenvalue weighted by Crippen LogP contribution is 2.21. The molecule has 2 heterocycles. The molecule has 1 aromatic carbocycles. The van der Waals surface area contributed by atoms with Crippen LogP contribution < -0.4 is 15.8 Å². The van der Waals surface area contributed by atoms with Gasteiger partial charge < -0.3 is 14.6 Å². The van der Waals surface area contributed by atoms with Gasteiger partial charge in [-0.25, -0.2) is 4.79 Å². The maximum absolute atomic E-state index is 11.8. The number of quaternary nitrogens is 2. The van der Waals surface area contributed by atoms with Crippen LogP contribution in [0.3, 0.4) is 0 Å². The van der Waals surface area contributed by atoms with Crippen molar-refractivity contribution in [2.24, 2.45) is 0 Å². The molecule has 0 amide bonds. The van der Waals surface area contributed by atoms with Gasteiger partial charge in [0.15, 0.2) is 0 Å². The molecule has 20 heavy (non-hydrogen) atoms. The van der Waals surface area contributed by atoms with E-state index in [1.807, 2.05) is 13.0 Å². The van der Waals surface area contributed by atoms with Crippen molar-refractivity contribution in [2.75, 3.05) is 26.2 Å². The van der Waals surface area contributed by atoms with Gasteiger partial charge in [-0.3, -0.25) is 0 Å². The van der Waals surface area contributed by atoms with Crippen LogP contribution in [0.15, 0.2) is 27.4 Å². The van der Waals surface area contributed by atoms with Crippen LogP contribution in [0.2, 0.25) is 0 Å². The van der Waals surface area contributed by atoms with Gasteiger partial charge in [0.1, 0.15) is 38.3 Å². The van der Waals surface area contributed by atoms with Crippen molar-refractivity contribution in [1.82, 2.24) is 0 Å².